The second-order valence-electron chi connectivity index (χ2n) is 7.98. The zero-order valence-electron chi connectivity index (χ0n) is 17.6. The number of rotatable bonds is 7. The van der Waals surface area contributed by atoms with E-state index in [0.29, 0.717) is 18.9 Å². The quantitative estimate of drug-likeness (QED) is 0.519. The molecule has 1 N–H and O–H groups in total. The summed E-state index contributed by atoms with van der Waals surface area (Å²) in [6.07, 6.45) is -8.78. The third-order valence-corrected chi connectivity index (χ3v) is 5.40. The fourth-order valence-corrected chi connectivity index (χ4v) is 3.61. The van der Waals surface area contributed by atoms with Gasteiger partial charge >= 0.3 is 18.3 Å². The third kappa shape index (κ3) is 6.06. The van der Waals surface area contributed by atoms with E-state index < -0.39 is 35.9 Å². The Morgan fingerprint density at radius 1 is 0.970 bits per heavy atom. The molecule has 178 valence electrons. The number of carboxylic acid groups (broad SMARTS) is 1. The largest absolute Gasteiger partial charge is 0.481 e. The number of alkyl halides is 6. The molecule has 0 unspecified atom stereocenters. The van der Waals surface area contributed by atoms with Crippen molar-refractivity contribution in [2.45, 2.75) is 45.1 Å². The summed E-state index contributed by atoms with van der Waals surface area (Å²) in [5.74, 6) is -1.74. The fourth-order valence-electron chi connectivity index (χ4n) is 3.61. The van der Waals surface area contributed by atoms with Gasteiger partial charge in [-0.2, -0.15) is 26.3 Å². The highest BCUT2D eigenvalue weighted by molar-refractivity contribution is 5.81. The van der Waals surface area contributed by atoms with Crippen LogP contribution in [0.25, 0.3) is 11.1 Å². The third-order valence-electron chi connectivity index (χ3n) is 5.40. The van der Waals surface area contributed by atoms with Crippen LogP contribution < -0.4 is 0 Å². The zero-order valence-corrected chi connectivity index (χ0v) is 17.6. The van der Waals surface area contributed by atoms with Crippen molar-refractivity contribution in [3.8, 4) is 11.1 Å². The molecule has 3 rings (SSSR count). The normalized spacial score (nSPS) is 14.3. The fraction of sp³-hybridized carbons (Fsp3) is 0.391. The number of carbonyl (C=O) groups is 2. The van der Waals surface area contributed by atoms with Crippen molar-refractivity contribution in [2.24, 2.45) is 5.92 Å². The number of hydrogen-bond acceptors (Lipinski definition) is 2. The van der Waals surface area contributed by atoms with Gasteiger partial charge in [-0.1, -0.05) is 12.1 Å². The lowest BCUT2D eigenvalue weighted by molar-refractivity contribution is -0.138. The first-order valence-electron chi connectivity index (χ1n) is 10.2. The summed E-state index contributed by atoms with van der Waals surface area (Å²) >= 11 is 0. The number of hydrogen-bond donors (Lipinski definition) is 1. The summed E-state index contributed by atoms with van der Waals surface area (Å²) in [5.41, 5.74) is -2.21. The van der Waals surface area contributed by atoms with Crippen molar-refractivity contribution in [1.82, 2.24) is 4.90 Å². The van der Waals surface area contributed by atoms with Crippen molar-refractivity contribution in [1.29, 1.82) is 0 Å². The van der Waals surface area contributed by atoms with E-state index in [1.165, 1.54) is 11.0 Å². The Kier molecular flexibility index (Phi) is 6.76. The number of halogens is 6. The Hall–Kier alpha value is -3.04. The van der Waals surface area contributed by atoms with Crippen molar-refractivity contribution in [3.63, 3.8) is 0 Å². The molecule has 0 saturated heterocycles. The molecule has 10 heteroatoms. The molecule has 1 saturated carbocycles. The predicted octanol–water partition coefficient (Wildman–Crippen LogP) is 5.78. The molecule has 0 spiro atoms. The average Bonchev–Trinajstić information content (AvgIpc) is 3.54. The van der Waals surface area contributed by atoms with E-state index in [1.54, 1.807) is 6.92 Å². The second-order valence-corrected chi connectivity index (χ2v) is 7.98. The maximum Gasteiger partial charge on any atom is 0.416 e. The molecular formula is C23H21F6NO3. The van der Waals surface area contributed by atoms with E-state index in [4.69, 9.17) is 5.11 Å². The van der Waals surface area contributed by atoms with Gasteiger partial charge in [-0.25, -0.2) is 0 Å². The van der Waals surface area contributed by atoms with Crippen molar-refractivity contribution in [3.05, 3.63) is 58.7 Å². The van der Waals surface area contributed by atoms with E-state index in [1.807, 2.05) is 0 Å². The Bertz CT molecular complexity index is 1060. The minimum absolute atomic E-state index is 0.0290. The van der Waals surface area contributed by atoms with E-state index in [-0.39, 0.29) is 47.2 Å². The summed E-state index contributed by atoms with van der Waals surface area (Å²) < 4.78 is 80.4. The zero-order chi connectivity index (χ0) is 24.6. The molecule has 1 amide bonds. The van der Waals surface area contributed by atoms with Gasteiger partial charge in [0.25, 0.3) is 0 Å². The maximum atomic E-state index is 13.4. The van der Waals surface area contributed by atoms with Gasteiger partial charge in [-0.3, -0.25) is 9.59 Å². The van der Waals surface area contributed by atoms with Crippen LogP contribution in [0.15, 0.2) is 36.4 Å². The molecule has 1 aliphatic rings. The lowest BCUT2D eigenvalue weighted by atomic mass is 9.93. The molecule has 0 bridgehead atoms. The minimum atomic E-state index is -4.78. The van der Waals surface area contributed by atoms with Gasteiger partial charge in [0, 0.05) is 19.0 Å². The molecule has 0 aliphatic heterocycles. The Morgan fingerprint density at radius 2 is 1.61 bits per heavy atom. The standard InChI is InChI=1S/C23H21F6NO3/c1-2-30(21(33)14-3-4-14)12-16-11-17(22(24,25)26)5-6-19(16)15-7-13(9-20(31)32)8-18(10-15)23(27,28)29/h5-8,10-11,14H,2-4,9,12H2,1H3,(H,31,32). The van der Waals surface area contributed by atoms with Crippen LogP contribution in [-0.2, 0) is 34.9 Å². The van der Waals surface area contributed by atoms with Crippen LogP contribution in [0.2, 0.25) is 0 Å². The van der Waals surface area contributed by atoms with E-state index in [0.717, 1.165) is 24.3 Å². The first-order chi connectivity index (χ1) is 15.3. The van der Waals surface area contributed by atoms with Gasteiger partial charge in [0.15, 0.2) is 0 Å². The molecule has 2 aromatic rings. The number of benzene rings is 2. The number of carbonyl (C=O) groups excluding carboxylic acids is 1. The van der Waals surface area contributed by atoms with Crippen LogP contribution in [0.3, 0.4) is 0 Å². The van der Waals surface area contributed by atoms with Crippen LogP contribution in [0, 0.1) is 5.92 Å². The summed E-state index contributed by atoms with van der Waals surface area (Å²) in [6.45, 7) is 1.68. The maximum absolute atomic E-state index is 13.4. The topological polar surface area (TPSA) is 57.6 Å². The summed E-state index contributed by atoms with van der Waals surface area (Å²) in [6, 6.07) is 5.35. The molecule has 0 radical (unpaired) electrons. The lowest BCUT2D eigenvalue weighted by Crippen LogP contribution is -2.31. The smallest absolute Gasteiger partial charge is 0.416 e. The second kappa shape index (κ2) is 9.07. The molecule has 0 aromatic heterocycles. The van der Waals surface area contributed by atoms with Crippen molar-refractivity contribution < 1.29 is 41.0 Å². The van der Waals surface area contributed by atoms with Gasteiger partial charge < -0.3 is 10.0 Å². The average molecular weight is 473 g/mol. The van der Waals surface area contributed by atoms with Crippen molar-refractivity contribution >= 4 is 11.9 Å². The number of nitrogens with zero attached hydrogens (tertiary/aromatic N) is 1. The minimum Gasteiger partial charge on any atom is -0.481 e. The van der Waals surface area contributed by atoms with E-state index >= 15 is 0 Å². The molecule has 33 heavy (non-hydrogen) atoms. The molecule has 0 atom stereocenters. The number of carboxylic acids is 1. The SMILES string of the molecule is CCN(Cc1cc(C(F)(F)F)ccc1-c1cc(CC(=O)O)cc(C(F)(F)F)c1)C(=O)C1CC1. The molecular weight excluding hydrogens is 452 g/mol. The van der Waals surface area contributed by atoms with E-state index in [2.05, 4.69) is 0 Å². The Morgan fingerprint density at radius 3 is 2.12 bits per heavy atom. The van der Waals surface area contributed by atoms with Crippen LogP contribution in [0.1, 0.15) is 42.0 Å². The van der Waals surface area contributed by atoms with Gasteiger partial charge in [-0.15, -0.1) is 0 Å². The first-order valence-corrected chi connectivity index (χ1v) is 10.2. The number of amides is 1. The molecule has 2 aromatic carbocycles. The van der Waals surface area contributed by atoms with Crippen molar-refractivity contribution in [2.75, 3.05) is 6.54 Å². The Labute approximate surface area is 185 Å². The van der Waals surface area contributed by atoms with Crippen LogP contribution in [0.4, 0.5) is 26.3 Å². The van der Waals surface area contributed by atoms with Crippen LogP contribution in [-0.4, -0.2) is 28.4 Å². The summed E-state index contributed by atoms with van der Waals surface area (Å²) in [4.78, 5) is 25.0. The van der Waals surface area contributed by atoms with Gasteiger partial charge in [0.05, 0.1) is 17.5 Å². The predicted molar refractivity (Wildman–Crippen MR) is 107 cm³/mol. The van der Waals surface area contributed by atoms with Gasteiger partial charge in [-0.05, 0) is 66.3 Å². The highest BCUT2D eigenvalue weighted by Crippen LogP contribution is 2.38. The highest BCUT2D eigenvalue weighted by atomic mass is 19.4. The van der Waals surface area contributed by atoms with E-state index in [9.17, 15) is 35.9 Å². The summed E-state index contributed by atoms with van der Waals surface area (Å²) in [7, 11) is 0. The summed E-state index contributed by atoms with van der Waals surface area (Å²) in [5, 5.41) is 9.02. The molecule has 1 fully saturated rings. The van der Waals surface area contributed by atoms with Crippen LogP contribution in [0.5, 0.6) is 0 Å². The molecule has 0 heterocycles. The Balaban J connectivity index is 2.14. The van der Waals surface area contributed by atoms with Crippen LogP contribution >= 0.6 is 0 Å². The van der Waals surface area contributed by atoms with Gasteiger partial charge in [0.1, 0.15) is 0 Å². The number of aliphatic carboxylic acids is 1. The monoisotopic (exact) mass is 473 g/mol. The van der Waals surface area contributed by atoms with Gasteiger partial charge in [0.2, 0.25) is 5.91 Å². The first kappa shape index (κ1) is 24.6. The highest BCUT2D eigenvalue weighted by Gasteiger charge is 2.35. The lowest BCUT2D eigenvalue weighted by Gasteiger charge is -2.24. The molecule has 4 nitrogen and oxygen atoms in total. The molecule has 1 aliphatic carbocycles.